The molecule has 0 spiro atoms. The summed E-state index contributed by atoms with van der Waals surface area (Å²) in [7, 11) is -3.71. The number of carbonyl (C=O) groups excluding carboxylic acids is 1. The van der Waals surface area contributed by atoms with Gasteiger partial charge in [0.15, 0.2) is 5.78 Å². The molecular weight excluding hydrogens is 412 g/mol. The van der Waals surface area contributed by atoms with Crippen LogP contribution in [-0.2, 0) is 16.4 Å². The van der Waals surface area contributed by atoms with Gasteiger partial charge in [-0.15, -0.1) is 0 Å². The second-order valence-corrected chi connectivity index (χ2v) is 8.76. The summed E-state index contributed by atoms with van der Waals surface area (Å²) in [5, 5.41) is 9.29. The van der Waals surface area contributed by atoms with Crippen LogP contribution in [0.1, 0.15) is 27.5 Å². The second-order valence-electron chi connectivity index (χ2n) is 7.20. The summed E-state index contributed by atoms with van der Waals surface area (Å²) in [6.07, 6.45) is 4.00. The highest BCUT2D eigenvalue weighted by Crippen LogP contribution is 2.24. The Morgan fingerprint density at radius 1 is 1.03 bits per heavy atom. The molecule has 4 aromatic rings. The van der Waals surface area contributed by atoms with Crippen LogP contribution in [-0.4, -0.2) is 30.7 Å². The summed E-state index contributed by atoms with van der Waals surface area (Å²) in [6, 6.07) is 19.2. The van der Waals surface area contributed by atoms with Gasteiger partial charge in [0, 0.05) is 29.9 Å². The van der Waals surface area contributed by atoms with E-state index in [0.29, 0.717) is 24.2 Å². The Balaban J connectivity index is 1.53. The second kappa shape index (κ2) is 8.81. The molecule has 31 heavy (non-hydrogen) atoms. The van der Waals surface area contributed by atoms with Gasteiger partial charge in [0.25, 0.3) is 0 Å². The SMILES string of the molecule is NS(=O)(=O)c1ccc(CCN[C@H](C(=O)c2c[nH]c3ncccc23)c2ccccc2)cc1. The van der Waals surface area contributed by atoms with Gasteiger partial charge in [-0.05, 0) is 41.8 Å². The van der Waals surface area contributed by atoms with Gasteiger partial charge in [-0.25, -0.2) is 18.5 Å². The van der Waals surface area contributed by atoms with Crippen LogP contribution in [0.3, 0.4) is 0 Å². The van der Waals surface area contributed by atoms with Crippen molar-refractivity contribution in [3.05, 3.63) is 95.8 Å². The fourth-order valence-electron chi connectivity index (χ4n) is 3.53. The topological polar surface area (TPSA) is 118 Å². The maximum absolute atomic E-state index is 13.4. The van der Waals surface area contributed by atoms with E-state index in [1.165, 1.54) is 12.1 Å². The van der Waals surface area contributed by atoms with Crippen LogP contribution < -0.4 is 10.5 Å². The van der Waals surface area contributed by atoms with Crippen molar-refractivity contribution in [3.8, 4) is 0 Å². The number of carbonyl (C=O) groups is 1. The van der Waals surface area contributed by atoms with Gasteiger partial charge in [-0.2, -0.15) is 0 Å². The number of ketones is 1. The predicted octanol–water partition coefficient (Wildman–Crippen LogP) is 2.97. The number of rotatable bonds is 8. The number of nitrogens with two attached hydrogens (primary N) is 1. The minimum absolute atomic E-state index is 0.0463. The van der Waals surface area contributed by atoms with Crippen LogP contribution in [0.5, 0.6) is 0 Å². The van der Waals surface area contributed by atoms with Crippen molar-refractivity contribution in [2.24, 2.45) is 5.14 Å². The lowest BCUT2D eigenvalue weighted by molar-refractivity contribution is 0.0945. The Bertz CT molecular complexity index is 1300. The van der Waals surface area contributed by atoms with E-state index >= 15 is 0 Å². The fourth-order valence-corrected chi connectivity index (χ4v) is 4.04. The van der Waals surface area contributed by atoms with E-state index in [2.05, 4.69) is 15.3 Å². The third kappa shape index (κ3) is 4.72. The zero-order chi connectivity index (χ0) is 21.8. The highest BCUT2D eigenvalue weighted by Gasteiger charge is 2.24. The zero-order valence-electron chi connectivity index (χ0n) is 16.7. The average molecular weight is 435 g/mol. The van der Waals surface area contributed by atoms with Crippen LogP contribution in [0.15, 0.2) is 84.0 Å². The maximum Gasteiger partial charge on any atom is 0.238 e. The van der Waals surface area contributed by atoms with Crippen molar-refractivity contribution in [1.29, 1.82) is 0 Å². The normalized spacial score (nSPS) is 12.7. The molecule has 0 unspecified atom stereocenters. The maximum atomic E-state index is 13.4. The Morgan fingerprint density at radius 3 is 2.48 bits per heavy atom. The van der Waals surface area contributed by atoms with Crippen LogP contribution in [0.2, 0.25) is 0 Å². The Kier molecular flexibility index (Phi) is 5.94. The highest BCUT2D eigenvalue weighted by molar-refractivity contribution is 7.89. The molecule has 2 aromatic heterocycles. The Labute approximate surface area is 180 Å². The summed E-state index contributed by atoms with van der Waals surface area (Å²) in [5.74, 6) is -0.0463. The summed E-state index contributed by atoms with van der Waals surface area (Å²) in [4.78, 5) is 20.8. The van der Waals surface area contributed by atoms with E-state index in [0.717, 1.165) is 16.5 Å². The standard InChI is InChI=1S/C23H22N4O3S/c24-31(29,30)18-10-8-16(9-11-18)12-14-25-21(17-5-2-1-3-6-17)22(28)20-15-27-23-19(20)7-4-13-26-23/h1-11,13,15,21,25H,12,14H2,(H,26,27)(H2,24,29,30)/t21-/m0/s1. The molecule has 0 aliphatic rings. The summed E-state index contributed by atoms with van der Waals surface area (Å²) >= 11 is 0. The molecule has 158 valence electrons. The molecule has 7 nitrogen and oxygen atoms in total. The molecule has 2 heterocycles. The van der Waals surface area contributed by atoms with Gasteiger partial charge in [-0.3, -0.25) is 4.79 Å². The third-order valence-corrected chi connectivity index (χ3v) is 6.05. The average Bonchev–Trinajstić information content (AvgIpc) is 3.21. The fraction of sp³-hybridized carbons (Fsp3) is 0.130. The molecule has 4 rings (SSSR count). The summed E-state index contributed by atoms with van der Waals surface area (Å²) < 4.78 is 22.8. The Hall–Kier alpha value is -3.33. The van der Waals surface area contributed by atoms with Crippen molar-refractivity contribution in [1.82, 2.24) is 15.3 Å². The molecule has 0 saturated carbocycles. The minimum Gasteiger partial charge on any atom is -0.345 e. The number of sulfonamides is 1. The van der Waals surface area contributed by atoms with Crippen molar-refractivity contribution in [3.63, 3.8) is 0 Å². The quantitative estimate of drug-likeness (QED) is 0.369. The zero-order valence-corrected chi connectivity index (χ0v) is 17.5. The summed E-state index contributed by atoms with van der Waals surface area (Å²) in [5.41, 5.74) is 3.07. The number of nitrogens with one attached hydrogen (secondary N) is 2. The van der Waals surface area contributed by atoms with Gasteiger partial charge in [0.2, 0.25) is 10.0 Å². The smallest absolute Gasteiger partial charge is 0.238 e. The number of aromatic nitrogens is 2. The Morgan fingerprint density at radius 2 is 1.77 bits per heavy atom. The van der Waals surface area contributed by atoms with Crippen LogP contribution in [0.25, 0.3) is 11.0 Å². The number of aromatic amines is 1. The number of Topliss-reactive ketones (excluding diaryl/α,β-unsaturated/α-hetero) is 1. The molecule has 0 fully saturated rings. The van der Waals surface area contributed by atoms with E-state index in [-0.39, 0.29) is 10.7 Å². The van der Waals surface area contributed by atoms with Crippen LogP contribution in [0.4, 0.5) is 0 Å². The molecule has 4 N–H and O–H groups in total. The molecule has 1 atom stereocenters. The van der Waals surface area contributed by atoms with Crippen LogP contribution >= 0.6 is 0 Å². The number of H-pyrrole nitrogens is 1. The van der Waals surface area contributed by atoms with Crippen molar-refractivity contribution in [2.75, 3.05) is 6.54 Å². The number of pyridine rings is 1. The van der Waals surface area contributed by atoms with Crippen molar-refractivity contribution < 1.29 is 13.2 Å². The molecule has 8 heteroatoms. The van der Waals surface area contributed by atoms with Gasteiger partial charge in [0.1, 0.15) is 5.65 Å². The summed E-state index contributed by atoms with van der Waals surface area (Å²) in [6.45, 7) is 0.528. The molecule has 0 aliphatic heterocycles. The van der Waals surface area contributed by atoms with Gasteiger partial charge in [-0.1, -0.05) is 42.5 Å². The number of primary sulfonamides is 1. The minimum atomic E-state index is -3.71. The van der Waals surface area contributed by atoms with E-state index in [9.17, 15) is 13.2 Å². The van der Waals surface area contributed by atoms with E-state index in [4.69, 9.17) is 5.14 Å². The molecule has 0 saturated heterocycles. The van der Waals surface area contributed by atoms with E-state index < -0.39 is 16.1 Å². The predicted molar refractivity (Wildman–Crippen MR) is 119 cm³/mol. The van der Waals surface area contributed by atoms with Crippen molar-refractivity contribution in [2.45, 2.75) is 17.4 Å². The lowest BCUT2D eigenvalue weighted by Crippen LogP contribution is -2.30. The van der Waals surface area contributed by atoms with Gasteiger partial charge in [0.05, 0.1) is 10.9 Å². The highest BCUT2D eigenvalue weighted by atomic mass is 32.2. The van der Waals surface area contributed by atoms with Crippen LogP contribution in [0, 0.1) is 0 Å². The number of hydrogen-bond acceptors (Lipinski definition) is 5. The molecule has 0 bridgehead atoms. The molecule has 0 aliphatic carbocycles. The molecular formula is C23H22N4O3S. The molecule has 0 amide bonds. The number of hydrogen-bond donors (Lipinski definition) is 3. The molecule has 2 aromatic carbocycles. The molecule has 0 radical (unpaired) electrons. The first-order chi connectivity index (χ1) is 14.9. The number of nitrogens with zero attached hydrogens (tertiary/aromatic N) is 1. The van der Waals surface area contributed by atoms with E-state index in [1.807, 2.05) is 42.5 Å². The first-order valence-electron chi connectivity index (χ1n) is 9.80. The van der Waals surface area contributed by atoms with Crippen molar-refractivity contribution >= 4 is 26.8 Å². The lowest BCUT2D eigenvalue weighted by Gasteiger charge is -2.18. The third-order valence-electron chi connectivity index (χ3n) is 5.13. The van der Waals surface area contributed by atoms with Gasteiger partial charge < -0.3 is 10.3 Å². The number of benzene rings is 2. The lowest BCUT2D eigenvalue weighted by atomic mass is 9.97. The van der Waals surface area contributed by atoms with Gasteiger partial charge >= 0.3 is 0 Å². The number of fused-ring (bicyclic) bond motifs is 1. The first-order valence-corrected chi connectivity index (χ1v) is 11.3. The first kappa shape index (κ1) is 20.9. The van der Waals surface area contributed by atoms with E-state index in [1.54, 1.807) is 24.5 Å². The largest absolute Gasteiger partial charge is 0.345 e. The monoisotopic (exact) mass is 434 g/mol.